The first-order chi connectivity index (χ1) is 8.94. The zero-order valence-electron chi connectivity index (χ0n) is 12.2. The smallest absolute Gasteiger partial charge is 0.337 e. The van der Waals surface area contributed by atoms with E-state index in [1.54, 1.807) is 13.8 Å². The molecule has 0 radical (unpaired) electrons. The highest BCUT2D eigenvalue weighted by Gasteiger charge is 2.29. The lowest BCUT2D eigenvalue weighted by atomic mass is 10.1. The van der Waals surface area contributed by atoms with E-state index < -0.39 is 5.60 Å². The van der Waals surface area contributed by atoms with E-state index in [1.165, 1.54) is 7.11 Å². The minimum Gasteiger partial charge on any atom is -0.467 e. The van der Waals surface area contributed by atoms with Gasteiger partial charge in [-0.3, -0.25) is 4.79 Å². The average Bonchev–Trinajstić information content (AvgIpc) is 2.40. The number of halogens is 1. The van der Waals surface area contributed by atoms with Crippen LogP contribution < -0.4 is 0 Å². The van der Waals surface area contributed by atoms with Crippen molar-refractivity contribution in [2.45, 2.75) is 58.0 Å². The summed E-state index contributed by atoms with van der Waals surface area (Å²) in [6, 6.07) is 0. The Bertz CT molecular complexity index is 277. The molecule has 0 amide bonds. The van der Waals surface area contributed by atoms with Crippen molar-refractivity contribution in [3.63, 3.8) is 0 Å². The molecule has 0 aliphatic rings. The number of methoxy groups -OCH3 is 1. The molecule has 5 heteroatoms. The number of alkyl halides is 1. The maximum absolute atomic E-state index is 11.3. The van der Waals surface area contributed by atoms with E-state index in [9.17, 15) is 9.59 Å². The first kappa shape index (κ1) is 18.4. The Kier molecular flexibility index (Phi) is 9.88. The van der Waals surface area contributed by atoms with Crippen molar-refractivity contribution in [3.05, 3.63) is 0 Å². The summed E-state index contributed by atoms with van der Waals surface area (Å²) in [7, 11) is 1.36. The molecule has 0 heterocycles. The van der Waals surface area contributed by atoms with Gasteiger partial charge in [-0.15, -0.1) is 11.6 Å². The van der Waals surface area contributed by atoms with E-state index in [4.69, 9.17) is 16.3 Å². The summed E-state index contributed by atoms with van der Waals surface area (Å²) < 4.78 is 10.1. The molecule has 0 rings (SSSR count). The standard InChI is InChI=1S/C14H25ClO4/c1-14(2,13(17)18-3)19-10-8-6-4-5-7-9-12(16)11-15/h4-11H2,1-3H3. The normalized spacial score (nSPS) is 11.4. The van der Waals surface area contributed by atoms with Crippen LogP contribution in [0.3, 0.4) is 0 Å². The topological polar surface area (TPSA) is 52.6 Å². The lowest BCUT2D eigenvalue weighted by Gasteiger charge is -2.22. The summed E-state index contributed by atoms with van der Waals surface area (Å²) in [5, 5.41) is 0. The van der Waals surface area contributed by atoms with Crippen LogP contribution in [-0.2, 0) is 19.1 Å². The van der Waals surface area contributed by atoms with Gasteiger partial charge in [0.2, 0.25) is 0 Å². The van der Waals surface area contributed by atoms with Crippen molar-refractivity contribution < 1.29 is 19.1 Å². The molecule has 0 aromatic carbocycles. The number of carbonyl (C=O) groups excluding carboxylic acids is 2. The van der Waals surface area contributed by atoms with Crippen molar-refractivity contribution in [1.82, 2.24) is 0 Å². The maximum atomic E-state index is 11.3. The fourth-order valence-electron chi connectivity index (χ4n) is 1.65. The van der Waals surface area contributed by atoms with Gasteiger partial charge < -0.3 is 9.47 Å². The third-order valence-corrected chi connectivity index (χ3v) is 3.19. The van der Waals surface area contributed by atoms with Crippen LogP contribution in [0, 0.1) is 0 Å². The number of carbonyl (C=O) groups is 2. The van der Waals surface area contributed by atoms with Crippen molar-refractivity contribution >= 4 is 23.4 Å². The lowest BCUT2D eigenvalue weighted by molar-refractivity contribution is -0.165. The van der Waals surface area contributed by atoms with Crippen LogP contribution in [-0.4, -0.2) is 37.0 Å². The van der Waals surface area contributed by atoms with Crippen molar-refractivity contribution in [1.29, 1.82) is 0 Å². The van der Waals surface area contributed by atoms with E-state index in [0.717, 1.165) is 32.1 Å². The first-order valence-electron chi connectivity index (χ1n) is 6.74. The molecule has 4 nitrogen and oxygen atoms in total. The number of hydrogen-bond donors (Lipinski definition) is 0. The van der Waals surface area contributed by atoms with Gasteiger partial charge in [0.15, 0.2) is 5.60 Å². The number of ketones is 1. The molecule has 112 valence electrons. The van der Waals surface area contributed by atoms with E-state index in [2.05, 4.69) is 4.74 Å². The summed E-state index contributed by atoms with van der Waals surface area (Å²) in [6.45, 7) is 3.95. The molecule has 0 aromatic heterocycles. The molecule has 0 atom stereocenters. The van der Waals surface area contributed by atoms with Crippen LogP contribution in [0.25, 0.3) is 0 Å². The molecule has 0 fully saturated rings. The van der Waals surface area contributed by atoms with Gasteiger partial charge in [-0.25, -0.2) is 4.79 Å². The molecule has 0 aliphatic carbocycles. The van der Waals surface area contributed by atoms with Gasteiger partial charge in [0.1, 0.15) is 5.78 Å². The second-order valence-corrected chi connectivity index (χ2v) is 5.31. The Morgan fingerprint density at radius 2 is 1.63 bits per heavy atom. The van der Waals surface area contributed by atoms with E-state index in [1.807, 2.05) is 0 Å². The summed E-state index contributed by atoms with van der Waals surface area (Å²) in [6.07, 6.45) is 5.52. The lowest BCUT2D eigenvalue weighted by Crippen LogP contribution is -2.36. The summed E-state index contributed by atoms with van der Waals surface area (Å²) in [4.78, 5) is 22.3. The van der Waals surface area contributed by atoms with Gasteiger partial charge in [-0.1, -0.05) is 19.3 Å². The van der Waals surface area contributed by atoms with Gasteiger partial charge in [0, 0.05) is 13.0 Å². The summed E-state index contributed by atoms with van der Waals surface area (Å²) in [5.74, 6) is -0.117. The molecular weight excluding hydrogens is 268 g/mol. The van der Waals surface area contributed by atoms with Crippen LogP contribution in [0.4, 0.5) is 0 Å². The number of rotatable bonds is 11. The summed E-state index contributed by atoms with van der Waals surface area (Å²) in [5.41, 5.74) is -0.873. The molecule has 0 unspecified atom stereocenters. The Morgan fingerprint density at radius 3 is 2.21 bits per heavy atom. The van der Waals surface area contributed by atoms with Crippen LogP contribution in [0.5, 0.6) is 0 Å². The SMILES string of the molecule is COC(=O)C(C)(C)OCCCCCCCC(=O)CCl. The second kappa shape index (κ2) is 10.2. The van der Waals surface area contributed by atoms with Crippen molar-refractivity contribution in [2.24, 2.45) is 0 Å². The van der Waals surface area contributed by atoms with E-state index >= 15 is 0 Å². The molecule has 0 aromatic rings. The highest BCUT2D eigenvalue weighted by Crippen LogP contribution is 2.13. The van der Waals surface area contributed by atoms with Crippen molar-refractivity contribution in [3.8, 4) is 0 Å². The van der Waals surface area contributed by atoms with Crippen molar-refractivity contribution in [2.75, 3.05) is 19.6 Å². The molecule has 0 bridgehead atoms. The van der Waals surface area contributed by atoms with Gasteiger partial charge in [0.05, 0.1) is 13.0 Å². The zero-order valence-corrected chi connectivity index (χ0v) is 12.9. The maximum Gasteiger partial charge on any atom is 0.337 e. The fraction of sp³-hybridized carbons (Fsp3) is 0.857. The molecule has 0 spiro atoms. The summed E-state index contributed by atoms with van der Waals surface area (Å²) >= 11 is 5.41. The molecule has 19 heavy (non-hydrogen) atoms. The predicted molar refractivity (Wildman–Crippen MR) is 75.5 cm³/mol. The molecule has 0 N–H and O–H groups in total. The first-order valence-corrected chi connectivity index (χ1v) is 7.27. The number of Topliss-reactive ketones (excluding diaryl/α,β-unsaturated/α-hetero) is 1. The third kappa shape index (κ3) is 9.00. The highest BCUT2D eigenvalue weighted by atomic mass is 35.5. The number of esters is 1. The largest absolute Gasteiger partial charge is 0.467 e. The zero-order chi connectivity index (χ0) is 14.7. The molecule has 0 aliphatic heterocycles. The molecule has 0 saturated carbocycles. The van der Waals surface area contributed by atoms with Crippen LogP contribution in [0.1, 0.15) is 52.4 Å². The number of ether oxygens (including phenoxy) is 2. The Hall–Kier alpha value is -0.610. The quantitative estimate of drug-likeness (QED) is 0.333. The molecule has 0 saturated heterocycles. The minimum atomic E-state index is -0.873. The van der Waals surface area contributed by atoms with Crippen LogP contribution >= 0.6 is 11.6 Å². The van der Waals surface area contributed by atoms with Gasteiger partial charge in [-0.05, 0) is 26.7 Å². The highest BCUT2D eigenvalue weighted by molar-refractivity contribution is 6.27. The Balaban J connectivity index is 3.46. The van der Waals surface area contributed by atoms with Gasteiger partial charge >= 0.3 is 5.97 Å². The monoisotopic (exact) mass is 292 g/mol. The number of unbranched alkanes of at least 4 members (excludes halogenated alkanes) is 4. The Labute approximate surface area is 120 Å². The average molecular weight is 293 g/mol. The Morgan fingerprint density at radius 1 is 1.05 bits per heavy atom. The van der Waals surface area contributed by atoms with E-state index in [0.29, 0.717) is 13.0 Å². The van der Waals surface area contributed by atoms with Crippen LogP contribution in [0.15, 0.2) is 0 Å². The number of hydrogen-bond acceptors (Lipinski definition) is 4. The minimum absolute atomic E-state index is 0.116. The molecular formula is C14H25ClO4. The van der Waals surface area contributed by atoms with Crippen LogP contribution in [0.2, 0.25) is 0 Å². The predicted octanol–water partition coefficient (Wildman–Crippen LogP) is 3.10. The second-order valence-electron chi connectivity index (χ2n) is 5.04. The van der Waals surface area contributed by atoms with E-state index in [-0.39, 0.29) is 17.6 Å². The van der Waals surface area contributed by atoms with Gasteiger partial charge in [-0.2, -0.15) is 0 Å². The fourth-order valence-corrected chi connectivity index (χ4v) is 1.79. The third-order valence-electron chi connectivity index (χ3n) is 2.89. The van der Waals surface area contributed by atoms with Gasteiger partial charge in [0.25, 0.3) is 0 Å².